The lowest BCUT2D eigenvalue weighted by Gasteiger charge is -2.13. The Morgan fingerprint density at radius 3 is 2.69 bits per heavy atom. The van der Waals surface area contributed by atoms with E-state index in [0.29, 0.717) is 40.4 Å². The van der Waals surface area contributed by atoms with Gasteiger partial charge in [-0.25, -0.2) is 19.2 Å². The van der Waals surface area contributed by atoms with Crippen LogP contribution in [0.15, 0.2) is 42.9 Å². The molecule has 4 aromatic rings. The molecule has 0 spiro atoms. The minimum absolute atomic E-state index is 0.313. The monoisotopic (exact) mass is 396 g/mol. The number of ether oxygens (including phenoxy) is 2. The summed E-state index contributed by atoms with van der Waals surface area (Å²) >= 11 is 0. The summed E-state index contributed by atoms with van der Waals surface area (Å²) in [6.07, 6.45) is 3.14. The fourth-order valence-electron chi connectivity index (χ4n) is 3.14. The van der Waals surface area contributed by atoms with Crippen molar-refractivity contribution in [2.24, 2.45) is 0 Å². The number of carbonyl (C=O) groups is 1. The van der Waals surface area contributed by atoms with Gasteiger partial charge in [0.25, 0.3) is 0 Å². The van der Waals surface area contributed by atoms with E-state index in [9.17, 15) is 14.3 Å². The van der Waals surface area contributed by atoms with Crippen LogP contribution in [0.4, 0.5) is 10.2 Å². The largest absolute Gasteiger partial charge is 0.493 e. The number of rotatable bonds is 6. The number of carboxylic acids is 1. The third-order valence-corrected chi connectivity index (χ3v) is 4.58. The Bertz CT molecular complexity index is 1240. The topological polar surface area (TPSA) is 98.0 Å². The molecule has 0 saturated heterocycles. The molecule has 0 fully saturated rings. The number of anilines is 1. The number of hydrogen-bond acceptors (Lipinski definition) is 6. The van der Waals surface area contributed by atoms with Gasteiger partial charge in [-0.15, -0.1) is 0 Å². The van der Waals surface area contributed by atoms with E-state index in [1.165, 1.54) is 12.4 Å². The number of halogens is 1. The lowest BCUT2D eigenvalue weighted by molar-refractivity contribution is 0.0692. The molecule has 29 heavy (non-hydrogen) atoms. The van der Waals surface area contributed by atoms with Gasteiger partial charge in [0.05, 0.1) is 43.3 Å². The molecule has 4 rings (SSSR count). The zero-order chi connectivity index (χ0) is 20.5. The first-order valence-electron chi connectivity index (χ1n) is 8.65. The standard InChI is InChI=1S/C20H17FN4O4/c1-28-17-4-3-11(5-18(17)29-2)8-23-19-16-9-22-10-25(16)15-6-12(20(26)27)13(21)7-14(15)24-19/h3-7,9-10H,8H2,1-2H3,(H,23,24)(H,26,27). The van der Waals surface area contributed by atoms with E-state index in [-0.39, 0.29) is 0 Å². The van der Waals surface area contributed by atoms with E-state index in [1.807, 2.05) is 12.1 Å². The van der Waals surface area contributed by atoms with Gasteiger partial charge in [-0.05, 0) is 23.8 Å². The maximum atomic E-state index is 14.1. The van der Waals surface area contributed by atoms with Crippen LogP contribution in [-0.4, -0.2) is 39.7 Å². The Hall–Kier alpha value is -3.88. The van der Waals surface area contributed by atoms with Crippen LogP contribution in [0, 0.1) is 5.82 Å². The molecule has 2 heterocycles. The summed E-state index contributed by atoms with van der Waals surface area (Å²) < 4.78 is 26.4. The average Bonchev–Trinajstić information content (AvgIpc) is 3.21. The normalized spacial score (nSPS) is 11.0. The predicted molar refractivity (Wildman–Crippen MR) is 104 cm³/mol. The molecule has 9 heteroatoms. The summed E-state index contributed by atoms with van der Waals surface area (Å²) in [7, 11) is 3.13. The third-order valence-electron chi connectivity index (χ3n) is 4.58. The second kappa shape index (κ2) is 7.27. The van der Waals surface area contributed by atoms with Gasteiger partial charge in [-0.1, -0.05) is 6.07 Å². The highest BCUT2D eigenvalue weighted by Crippen LogP contribution is 2.29. The maximum Gasteiger partial charge on any atom is 0.338 e. The highest BCUT2D eigenvalue weighted by Gasteiger charge is 2.16. The Balaban J connectivity index is 1.73. The van der Waals surface area contributed by atoms with E-state index in [1.54, 1.807) is 30.9 Å². The van der Waals surface area contributed by atoms with Gasteiger partial charge in [0, 0.05) is 12.6 Å². The smallest absolute Gasteiger partial charge is 0.338 e. The number of aromatic carboxylic acids is 1. The second-order valence-electron chi connectivity index (χ2n) is 6.28. The van der Waals surface area contributed by atoms with Crippen LogP contribution in [0.5, 0.6) is 11.5 Å². The first kappa shape index (κ1) is 18.5. The number of nitrogens with zero attached hydrogens (tertiary/aromatic N) is 3. The van der Waals surface area contributed by atoms with Gasteiger partial charge in [0.2, 0.25) is 0 Å². The van der Waals surface area contributed by atoms with Crippen LogP contribution in [0.1, 0.15) is 15.9 Å². The van der Waals surface area contributed by atoms with Gasteiger partial charge in [-0.2, -0.15) is 0 Å². The Kier molecular flexibility index (Phi) is 4.63. The molecular weight excluding hydrogens is 379 g/mol. The molecule has 2 aromatic heterocycles. The summed E-state index contributed by atoms with van der Waals surface area (Å²) in [4.78, 5) is 19.8. The zero-order valence-corrected chi connectivity index (χ0v) is 15.6. The zero-order valence-electron chi connectivity index (χ0n) is 15.6. The predicted octanol–water partition coefficient (Wildman–Crippen LogP) is 3.35. The Morgan fingerprint density at radius 1 is 1.17 bits per heavy atom. The van der Waals surface area contributed by atoms with E-state index >= 15 is 0 Å². The molecular formula is C20H17FN4O4. The minimum Gasteiger partial charge on any atom is -0.493 e. The van der Waals surface area contributed by atoms with Crippen LogP contribution >= 0.6 is 0 Å². The van der Waals surface area contributed by atoms with Crippen molar-refractivity contribution in [2.45, 2.75) is 6.54 Å². The van der Waals surface area contributed by atoms with Crippen LogP contribution in [0.3, 0.4) is 0 Å². The molecule has 2 N–H and O–H groups in total. The second-order valence-corrected chi connectivity index (χ2v) is 6.28. The summed E-state index contributed by atoms with van der Waals surface area (Å²) in [5.41, 5.74) is 1.91. The fraction of sp³-hybridized carbons (Fsp3) is 0.150. The molecule has 0 unspecified atom stereocenters. The lowest BCUT2D eigenvalue weighted by atomic mass is 10.1. The molecule has 0 aliphatic rings. The number of benzene rings is 2. The van der Waals surface area contributed by atoms with Crippen molar-refractivity contribution in [2.75, 3.05) is 19.5 Å². The first-order chi connectivity index (χ1) is 14.0. The van der Waals surface area contributed by atoms with Crippen molar-refractivity contribution in [3.63, 3.8) is 0 Å². The molecule has 0 amide bonds. The number of carboxylic acid groups (broad SMARTS) is 1. The molecule has 2 aromatic carbocycles. The van der Waals surface area contributed by atoms with E-state index in [0.717, 1.165) is 11.6 Å². The van der Waals surface area contributed by atoms with Crippen molar-refractivity contribution < 1.29 is 23.8 Å². The van der Waals surface area contributed by atoms with Crippen LogP contribution in [0.25, 0.3) is 16.6 Å². The number of hydrogen-bond donors (Lipinski definition) is 2. The van der Waals surface area contributed by atoms with Crippen molar-refractivity contribution >= 4 is 28.3 Å². The van der Waals surface area contributed by atoms with Crippen molar-refractivity contribution in [3.8, 4) is 11.5 Å². The highest BCUT2D eigenvalue weighted by atomic mass is 19.1. The molecule has 0 radical (unpaired) electrons. The lowest BCUT2D eigenvalue weighted by Crippen LogP contribution is -2.06. The van der Waals surface area contributed by atoms with Crippen LogP contribution in [0.2, 0.25) is 0 Å². The van der Waals surface area contributed by atoms with E-state index < -0.39 is 17.3 Å². The average molecular weight is 396 g/mol. The van der Waals surface area contributed by atoms with Crippen LogP contribution in [-0.2, 0) is 6.54 Å². The maximum absolute atomic E-state index is 14.1. The van der Waals surface area contributed by atoms with Gasteiger partial charge >= 0.3 is 5.97 Å². The summed E-state index contributed by atoms with van der Waals surface area (Å²) in [6, 6.07) is 7.91. The van der Waals surface area contributed by atoms with Crippen molar-refractivity contribution in [1.29, 1.82) is 0 Å². The Morgan fingerprint density at radius 2 is 1.97 bits per heavy atom. The molecule has 148 valence electrons. The molecule has 0 aliphatic carbocycles. The number of aromatic nitrogens is 3. The van der Waals surface area contributed by atoms with Crippen LogP contribution < -0.4 is 14.8 Å². The van der Waals surface area contributed by atoms with Crippen molar-refractivity contribution in [1.82, 2.24) is 14.4 Å². The number of methoxy groups -OCH3 is 2. The first-order valence-corrected chi connectivity index (χ1v) is 8.65. The summed E-state index contributed by atoms with van der Waals surface area (Å²) in [5.74, 6) is -0.456. The number of fused-ring (bicyclic) bond motifs is 3. The van der Waals surface area contributed by atoms with Gasteiger partial charge < -0.3 is 19.9 Å². The number of imidazole rings is 1. The van der Waals surface area contributed by atoms with Gasteiger partial charge in [0.1, 0.15) is 11.3 Å². The van der Waals surface area contributed by atoms with Gasteiger partial charge in [-0.3, -0.25) is 4.40 Å². The Labute approximate surface area is 164 Å². The molecule has 0 bridgehead atoms. The van der Waals surface area contributed by atoms with E-state index in [4.69, 9.17) is 9.47 Å². The van der Waals surface area contributed by atoms with Crippen molar-refractivity contribution in [3.05, 3.63) is 59.8 Å². The number of nitrogens with one attached hydrogen (secondary N) is 1. The summed E-state index contributed by atoms with van der Waals surface area (Å²) in [5, 5.41) is 12.4. The third kappa shape index (κ3) is 3.27. The minimum atomic E-state index is -1.34. The van der Waals surface area contributed by atoms with Gasteiger partial charge in [0.15, 0.2) is 17.3 Å². The molecule has 0 atom stereocenters. The summed E-state index contributed by atoms with van der Waals surface area (Å²) in [6.45, 7) is 0.426. The fourth-order valence-corrected chi connectivity index (χ4v) is 3.14. The molecule has 0 aliphatic heterocycles. The SMILES string of the molecule is COc1ccc(CNc2nc3cc(F)c(C(=O)O)cc3n3cncc23)cc1OC. The van der Waals surface area contributed by atoms with E-state index in [2.05, 4.69) is 15.3 Å². The molecule has 0 saturated carbocycles. The quantitative estimate of drug-likeness (QED) is 0.516. The highest BCUT2D eigenvalue weighted by molar-refractivity contribution is 5.94. The molecule has 8 nitrogen and oxygen atoms in total.